The molecule has 1 heterocycles. The molecule has 0 aliphatic rings. The molecule has 1 aromatic rings. The quantitative estimate of drug-likeness (QED) is 0.796. The monoisotopic (exact) mass is 239 g/mol. The second-order valence-electron chi connectivity index (χ2n) is 3.53. The number of aromatic nitrogens is 1. The van der Waals surface area contributed by atoms with Crippen molar-refractivity contribution in [3.63, 3.8) is 0 Å². The number of carbonyl (C=O) groups excluding carboxylic acids is 2. The second kappa shape index (κ2) is 6.08. The molecule has 17 heavy (non-hydrogen) atoms. The Morgan fingerprint density at radius 2 is 2.06 bits per heavy atom. The molecule has 94 valence electrons. The van der Waals surface area contributed by atoms with E-state index in [2.05, 4.69) is 9.72 Å². The molecule has 0 aliphatic heterocycles. The first-order chi connectivity index (χ1) is 8.13. The van der Waals surface area contributed by atoms with Gasteiger partial charge in [-0.05, 0) is 25.5 Å². The van der Waals surface area contributed by atoms with Crippen LogP contribution in [0.4, 0.5) is 0 Å². The Bertz CT molecular complexity index is 397. The lowest BCUT2D eigenvalue weighted by Crippen LogP contribution is -2.16. The van der Waals surface area contributed by atoms with E-state index in [4.69, 9.17) is 4.74 Å². The summed E-state index contributed by atoms with van der Waals surface area (Å²) in [6.45, 7) is 4.00. The van der Waals surface area contributed by atoms with E-state index < -0.39 is 5.97 Å². The molecule has 0 saturated carbocycles. The molecule has 0 spiro atoms. The van der Waals surface area contributed by atoms with Crippen LogP contribution in [0.5, 0.6) is 0 Å². The highest BCUT2D eigenvalue weighted by Gasteiger charge is 2.22. The van der Waals surface area contributed by atoms with Crippen molar-refractivity contribution in [3.8, 4) is 0 Å². The summed E-state index contributed by atoms with van der Waals surface area (Å²) < 4.78 is 9.55. The number of methoxy groups -OCH3 is 1. The summed E-state index contributed by atoms with van der Waals surface area (Å²) in [7, 11) is 1.31. The molecule has 0 bridgehead atoms. The summed E-state index contributed by atoms with van der Waals surface area (Å²) in [6.07, 6.45) is 0.611. The van der Waals surface area contributed by atoms with Crippen LogP contribution in [0.15, 0.2) is 12.1 Å². The molecule has 5 heteroatoms. The molecule has 0 radical (unpaired) electrons. The van der Waals surface area contributed by atoms with Crippen molar-refractivity contribution < 1.29 is 19.1 Å². The van der Waals surface area contributed by atoms with Crippen LogP contribution < -0.4 is 0 Å². The molecule has 1 atom stereocenters. The van der Waals surface area contributed by atoms with Crippen LogP contribution in [0.25, 0.3) is 0 Å². The second-order valence-corrected chi connectivity index (χ2v) is 3.53. The zero-order valence-corrected chi connectivity index (χ0v) is 10.3. The van der Waals surface area contributed by atoms with Gasteiger partial charge >= 0.3 is 11.9 Å². The van der Waals surface area contributed by atoms with Gasteiger partial charge in [-0.15, -0.1) is 0 Å². The van der Waals surface area contributed by atoms with Crippen LogP contribution in [-0.4, -0.2) is 30.6 Å². The first-order valence-corrected chi connectivity index (χ1v) is 5.57. The topological polar surface area (TPSA) is 68.4 Å². The fraction of sp³-hybridized carbons (Fsp3) is 0.500. The number of rotatable bonds is 5. The predicted octanol–water partition coefficient (Wildman–Crippen LogP) is 1.86. The van der Waals surface area contributed by atoms with Crippen LogP contribution in [0.3, 0.4) is 0 Å². The van der Waals surface area contributed by atoms with E-state index in [1.807, 2.05) is 6.92 Å². The molecule has 1 unspecified atom stereocenters. The van der Waals surface area contributed by atoms with Gasteiger partial charge < -0.3 is 14.5 Å². The van der Waals surface area contributed by atoms with E-state index in [0.29, 0.717) is 24.4 Å². The fourth-order valence-corrected chi connectivity index (χ4v) is 1.60. The first-order valence-electron chi connectivity index (χ1n) is 5.57. The van der Waals surface area contributed by atoms with Crippen molar-refractivity contribution in [3.05, 3.63) is 23.5 Å². The van der Waals surface area contributed by atoms with Crippen LogP contribution in [-0.2, 0) is 14.3 Å². The largest absolute Gasteiger partial charge is 0.465 e. The lowest BCUT2D eigenvalue weighted by molar-refractivity contribution is -0.145. The summed E-state index contributed by atoms with van der Waals surface area (Å²) in [6, 6.07) is 3.31. The molecule has 0 amide bonds. The number of carbonyl (C=O) groups is 2. The first kappa shape index (κ1) is 13.3. The standard InChI is InChI=1S/C12H17NO4/c1-4-8(11(14)17-5-2)9-6-7-10(13-9)12(15)16-3/h6-8,13H,4-5H2,1-3H3. The van der Waals surface area contributed by atoms with Crippen LogP contribution in [0, 0.1) is 0 Å². The SMILES string of the molecule is CCOC(=O)C(CC)c1ccc(C(=O)OC)[nH]1. The van der Waals surface area contributed by atoms with E-state index in [9.17, 15) is 9.59 Å². The number of nitrogens with one attached hydrogen (secondary N) is 1. The summed E-state index contributed by atoms with van der Waals surface area (Å²) >= 11 is 0. The third-order valence-corrected chi connectivity index (χ3v) is 2.47. The fourth-order valence-electron chi connectivity index (χ4n) is 1.60. The van der Waals surface area contributed by atoms with Crippen molar-refractivity contribution >= 4 is 11.9 Å². The van der Waals surface area contributed by atoms with Gasteiger partial charge in [0.1, 0.15) is 5.69 Å². The minimum atomic E-state index is -0.449. The van der Waals surface area contributed by atoms with E-state index in [0.717, 1.165) is 0 Å². The maximum Gasteiger partial charge on any atom is 0.354 e. The van der Waals surface area contributed by atoms with E-state index in [1.54, 1.807) is 19.1 Å². The summed E-state index contributed by atoms with van der Waals surface area (Å²) in [4.78, 5) is 25.8. The van der Waals surface area contributed by atoms with Gasteiger partial charge in [-0.2, -0.15) is 0 Å². The normalized spacial score (nSPS) is 11.9. The molecular formula is C12H17NO4. The highest BCUT2D eigenvalue weighted by molar-refractivity contribution is 5.88. The third kappa shape index (κ3) is 3.09. The maximum absolute atomic E-state index is 11.7. The van der Waals surface area contributed by atoms with Gasteiger partial charge in [-0.1, -0.05) is 6.92 Å². The molecule has 0 aromatic carbocycles. The number of H-pyrrole nitrogens is 1. The Labute approximate surface area is 100 Å². The van der Waals surface area contributed by atoms with Crippen molar-refractivity contribution in [2.45, 2.75) is 26.2 Å². The Morgan fingerprint density at radius 1 is 1.35 bits per heavy atom. The number of aromatic amines is 1. The summed E-state index contributed by atoms with van der Waals surface area (Å²) in [5, 5.41) is 0. The average molecular weight is 239 g/mol. The summed E-state index contributed by atoms with van der Waals surface area (Å²) in [5.41, 5.74) is 1.01. The molecule has 0 saturated heterocycles. The molecule has 1 rings (SSSR count). The highest BCUT2D eigenvalue weighted by atomic mass is 16.5. The minimum absolute atomic E-state index is 0.284. The molecule has 1 aromatic heterocycles. The third-order valence-electron chi connectivity index (χ3n) is 2.47. The molecule has 1 N–H and O–H groups in total. The van der Waals surface area contributed by atoms with Gasteiger partial charge in [-0.25, -0.2) is 4.79 Å². The average Bonchev–Trinajstić information content (AvgIpc) is 2.79. The van der Waals surface area contributed by atoms with Gasteiger partial charge in [0.2, 0.25) is 0 Å². The van der Waals surface area contributed by atoms with Gasteiger partial charge in [0, 0.05) is 5.69 Å². The maximum atomic E-state index is 11.7. The Morgan fingerprint density at radius 3 is 2.59 bits per heavy atom. The molecule has 0 aliphatic carbocycles. The zero-order valence-electron chi connectivity index (χ0n) is 10.3. The molecular weight excluding hydrogens is 222 g/mol. The van der Waals surface area contributed by atoms with Crippen molar-refractivity contribution in [1.82, 2.24) is 4.98 Å². The number of hydrogen-bond donors (Lipinski definition) is 1. The van der Waals surface area contributed by atoms with Crippen molar-refractivity contribution in [1.29, 1.82) is 0 Å². The Balaban J connectivity index is 2.86. The van der Waals surface area contributed by atoms with Gasteiger partial charge in [0.05, 0.1) is 19.6 Å². The molecule has 0 fully saturated rings. The number of ether oxygens (including phenoxy) is 2. The lowest BCUT2D eigenvalue weighted by Gasteiger charge is -2.11. The smallest absolute Gasteiger partial charge is 0.354 e. The lowest BCUT2D eigenvalue weighted by atomic mass is 10.0. The Hall–Kier alpha value is -1.78. The summed E-state index contributed by atoms with van der Waals surface area (Å²) in [5.74, 6) is -1.10. The van der Waals surface area contributed by atoms with Crippen LogP contribution in [0.1, 0.15) is 42.4 Å². The van der Waals surface area contributed by atoms with Crippen molar-refractivity contribution in [2.24, 2.45) is 0 Å². The van der Waals surface area contributed by atoms with E-state index in [1.165, 1.54) is 7.11 Å². The zero-order chi connectivity index (χ0) is 12.8. The van der Waals surface area contributed by atoms with Gasteiger partial charge in [0.25, 0.3) is 0 Å². The Kier molecular flexibility index (Phi) is 4.75. The molecule has 5 nitrogen and oxygen atoms in total. The van der Waals surface area contributed by atoms with Crippen LogP contribution >= 0.6 is 0 Å². The minimum Gasteiger partial charge on any atom is -0.465 e. The number of esters is 2. The van der Waals surface area contributed by atoms with E-state index in [-0.39, 0.29) is 11.9 Å². The van der Waals surface area contributed by atoms with Gasteiger partial charge in [-0.3, -0.25) is 4.79 Å². The highest BCUT2D eigenvalue weighted by Crippen LogP contribution is 2.20. The van der Waals surface area contributed by atoms with Gasteiger partial charge in [0.15, 0.2) is 0 Å². The number of hydrogen-bond acceptors (Lipinski definition) is 4. The van der Waals surface area contributed by atoms with E-state index >= 15 is 0 Å². The van der Waals surface area contributed by atoms with Crippen molar-refractivity contribution in [2.75, 3.05) is 13.7 Å². The van der Waals surface area contributed by atoms with Crippen LogP contribution in [0.2, 0.25) is 0 Å². The predicted molar refractivity (Wildman–Crippen MR) is 61.8 cm³/mol.